The number of unbranched alkanes of at least 4 members (excludes halogenated alkanes) is 2. The van der Waals surface area contributed by atoms with Crippen molar-refractivity contribution in [3.05, 3.63) is 65.2 Å². The van der Waals surface area contributed by atoms with E-state index >= 15 is 0 Å². The maximum absolute atomic E-state index is 13.5. The molecule has 0 unspecified atom stereocenters. The number of carbonyl (C=O) groups is 1. The lowest BCUT2D eigenvalue weighted by Crippen LogP contribution is -2.33. The molecule has 0 fully saturated rings. The summed E-state index contributed by atoms with van der Waals surface area (Å²) in [7, 11) is 0. The summed E-state index contributed by atoms with van der Waals surface area (Å²) in [5.74, 6) is 0.0933. The third kappa shape index (κ3) is 4.71. The molecular formula is C24H27ClN2O. The Morgan fingerprint density at radius 1 is 0.964 bits per heavy atom. The number of hydrogen-bond donors (Lipinski definition) is 0. The first kappa shape index (κ1) is 20.3. The highest BCUT2D eigenvalue weighted by Crippen LogP contribution is 2.27. The minimum Gasteiger partial charge on any atom is -0.339 e. The van der Waals surface area contributed by atoms with Crippen LogP contribution in [0.15, 0.2) is 54.6 Å². The Bertz CT molecular complexity index is 929. The summed E-state index contributed by atoms with van der Waals surface area (Å²) < 4.78 is 0. The molecule has 28 heavy (non-hydrogen) atoms. The Morgan fingerprint density at radius 3 is 2.25 bits per heavy atom. The first-order valence-electron chi connectivity index (χ1n) is 10.1. The highest BCUT2D eigenvalue weighted by Gasteiger charge is 2.19. The van der Waals surface area contributed by atoms with Crippen LogP contribution in [0, 0.1) is 0 Å². The predicted molar refractivity (Wildman–Crippen MR) is 118 cm³/mol. The van der Waals surface area contributed by atoms with Gasteiger partial charge >= 0.3 is 0 Å². The van der Waals surface area contributed by atoms with E-state index in [4.69, 9.17) is 16.6 Å². The zero-order chi connectivity index (χ0) is 19.9. The molecule has 0 bridgehead atoms. The number of rotatable bonds is 8. The maximum atomic E-state index is 13.5. The van der Waals surface area contributed by atoms with Crippen molar-refractivity contribution in [2.45, 2.75) is 39.5 Å². The summed E-state index contributed by atoms with van der Waals surface area (Å²) in [6.45, 7) is 5.90. The first-order chi connectivity index (χ1) is 13.6. The molecule has 4 heteroatoms. The van der Waals surface area contributed by atoms with Crippen molar-refractivity contribution in [3.63, 3.8) is 0 Å². The molecule has 1 heterocycles. The molecule has 0 N–H and O–H groups in total. The van der Waals surface area contributed by atoms with Crippen LogP contribution in [-0.4, -0.2) is 28.9 Å². The van der Waals surface area contributed by atoms with Crippen LogP contribution in [0.4, 0.5) is 0 Å². The molecule has 0 aliphatic carbocycles. The standard InChI is InChI=1S/C24H27ClN2O/c1-3-5-15-27(16-6-4-2)24(28)21-17-23(18-11-13-19(25)14-12-18)26-22-10-8-7-9-20(21)22/h7-14,17H,3-6,15-16H2,1-2H3. The number of aromatic nitrogens is 1. The van der Waals surface area contributed by atoms with Gasteiger partial charge in [-0.05, 0) is 37.1 Å². The fourth-order valence-electron chi connectivity index (χ4n) is 3.30. The molecule has 0 aliphatic heterocycles. The number of fused-ring (bicyclic) bond motifs is 1. The van der Waals surface area contributed by atoms with E-state index in [0.29, 0.717) is 5.02 Å². The lowest BCUT2D eigenvalue weighted by molar-refractivity contribution is 0.0753. The smallest absolute Gasteiger partial charge is 0.254 e. The van der Waals surface area contributed by atoms with Gasteiger partial charge in [0.05, 0.1) is 16.8 Å². The summed E-state index contributed by atoms with van der Waals surface area (Å²) in [6.07, 6.45) is 4.18. The van der Waals surface area contributed by atoms with E-state index in [1.165, 1.54) is 0 Å². The summed E-state index contributed by atoms with van der Waals surface area (Å²) >= 11 is 6.03. The fraction of sp³-hybridized carbons (Fsp3) is 0.333. The van der Waals surface area contributed by atoms with Crippen LogP contribution in [-0.2, 0) is 0 Å². The van der Waals surface area contributed by atoms with Gasteiger partial charge in [0, 0.05) is 29.1 Å². The first-order valence-corrected chi connectivity index (χ1v) is 10.5. The van der Waals surface area contributed by atoms with Crippen molar-refractivity contribution in [2.75, 3.05) is 13.1 Å². The Labute approximate surface area is 172 Å². The molecule has 0 saturated heterocycles. The molecule has 0 atom stereocenters. The number of halogens is 1. The van der Waals surface area contributed by atoms with Crippen LogP contribution in [0.25, 0.3) is 22.2 Å². The lowest BCUT2D eigenvalue weighted by atomic mass is 10.0. The largest absolute Gasteiger partial charge is 0.339 e. The van der Waals surface area contributed by atoms with Gasteiger partial charge < -0.3 is 4.90 Å². The van der Waals surface area contributed by atoms with E-state index in [0.717, 1.165) is 66.5 Å². The van der Waals surface area contributed by atoms with Crippen molar-refractivity contribution in [1.29, 1.82) is 0 Å². The van der Waals surface area contributed by atoms with Gasteiger partial charge in [-0.15, -0.1) is 0 Å². The van der Waals surface area contributed by atoms with Crippen molar-refractivity contribution in [2.24, 2.45) is 0 Å². The van der Waals surface area contributed by atoms with Crippen molar-refractivity contribution in [1.82, 2.24) is 9.88 Å². The summed E-state index contributed by atoms with van der Waals surface area (Å²) in [5, 5.41) is 1.59. The number of para-hydroxylation sites is 1. The molecule has 0 saturated carbocycles. The Kier molecular flexibility index (Phi) is 7.05. The molecule has 1 aromatic heterocycles. The number of hydrogen-bond acceptors (Lipinski definition) is 2. The van der Waals surface area contributed by atoms with Gasteiger partial charge in [-0.1, -0.05) is 68.6 Å². The van der Waals surface area contributed by atoms with Crippen LogP contribution in [0.2, 0.25) is 5.02 Å². The lowest BCUT2D eigenvalue weighted by Gasteiger charge is -2.23. The molecule has 3 aromatic rings. The van der Waals surface area contributed by atoms with Gasteiger partial charge in [-0.3, -0.25) is 4.79 Å². The molecule has 2 aromatic carbocycles. The highest BCUT2D eigenvalue weighted by molar-refractivity contribution is 6.30. The molecule has 3 nitrogen and oxygen atoms in total. The average molecular weight is 395 g/mol. The average Bonchev–Trinajstić information content (AvgIpc) is 2.73. The van der Waals surface area contributed by atoms with E-state index in [1.807, 2.05) is 59.5 Å². The van der Waals surface area contributed by atoms with Crippen LogP contribution in [0.1, 0.15) is 49.9 Å². The second kappa shape index (κ2) is 9.70. The molecular weight excluding hydrogens is 368 g/mol. The van der Waals surface area contributed by atoms with Gasteiger partial charge in [0.25, 0.3) is 5.91 Å². The highest BCUT2D eigenvalue weighted by atomic mass is 35.5. The Morgan fingerprint density at radius 2 is 1.61 bits per heavy atom. The van der Waals surface area contributed by atoms with Crippen molar-refractivity contribution < 1.29 is 4.79 Å². The minimum atomic E-state index is 0.0933. The molecule has 1 amide bonds. The third-order valence-electron chi connectivity index (χ3n) is 4.94. The van der Waals surface area contributed by atoms with Gasteiger partial charge in [0.15, 0.2) is 0 Å². The topological polar surface area (TPSA) is 33.2 Å². The quantitative estimate of drug-likeness (QED) is 0.431. The second-order valence-electron chi connectivity index (χ2n) is 7.08. The normalized spacial score (nSPS) is 11.0. The van der Waals surface area contributed by atoms with E-state index in [9.17, 15) is 4.79 Å². The Balaban J connectivity index is 2.06. The Hall–Kier alpha value is -2.39. The summed E-state index contributed by atoms with van der Waals surface area (Å²) in [6, 6.07) is 17.4. The molecule has 0 radical (unpaired) electrons. The predicted octanol–water partition coefficient (Wildman–Crippen LogP) is 6.60. The number of carbonyl (C=O) groups excluding carboxylic acids is 1. The van der Waals surface area contributed by atoms with Gasteiger partial charge in [0.2, 0.25) is 0 Å². The number of benzene rings is 2. The van der Waals surface area contributed by atoms with E-state index in [2.05, 4.69) is 13.8 Å². The van der Waals surface area contributed by atoms with Gasteiger partial charge in [-0.25, -0.2) is 4.98 Å². The second-order valence-corrected chi connectivity index (χ2v) is 7.51. The molecule has 146 valence electrons. The van der Waals surface area contributed by atoms with Crippen LogP contribution in [0.5, 0.6) is 0 Å². The van der Waals surface area contributed by atoms with Crippen molar-refractivity contribution in [3.8, 4) is 11.3 Å². The van der Waals surface area contributed by atoms with E-state index < -0.39 is 0 Å². The van der Waals surface area contributed by atoms with E-state index in [1.54, 1.807) is 0 Å². The number of nitrogens with zero attached hydrogens (tertiary/aromatic N) is 2. The van der Waals surface area contributed by atoms with Crippen LogP contribution >= 0.6 is 11.6 Å². The minimum absolute atomic E-state index is 0.0933. The number of pyridine rings is 1. The SMILES string of the molecule is CCCCN(CCCC)C(=O)c1cc(-c2ccc(Cl)cc2)nc2ccccc12. The third-order valence-corrected chi connectivity index (χ3v) is 5.19. The molecule has 0 spiro atoms. The van der Waals surface area contributed by atoms with Crippen LogP contribution in [0.3, 0.4) is 0 Å². The van der Waals surface area contributed by atoms with E-state index in [-0.39, 0.29) is 5.91 Å². The van der Waals surface area contributed by atoms with Gasteiger partial charge in [0.1, 0.15) is 0 Å². The molecule has 3 rings (SSSR count). The summed E-state index contributed by atoms with van der Waals surface area (Å²) in [4.78, 5) is 20.3. The fourth-order valence-corrected chi connectivity index (χ4v) is 3.43. The monoisotopic (exact) mass is 394 g/mol. The zero-order valence-electron chi connectivity index (χ0n) is 16.6. The van der Waals surface area contributed by atoms with Crippen LogP contribution < -0.4 is 0 Å². The zero-order valence-corrected chi connectivity index (χ0v) is 17.4. The number of amides is 1. The maximum Gasteiger partial charge on any atom is 0.254 e. The molecule has 0 aliphatic rings. The van der Waals surface area contributed by atoms with Crippen molar-refractivity contribution >= 4 is 28.4 Å². The van der Waals surface area contributed by atoms with Gasteiger partial charge in [-0.2, -0.15) is 0 Å². The summed E-state index contributed by atoms with van der Waals surface area (Å²) in [5.41, 5.74) is 3.31.